The minimum Gasteiger partial charge on any atom is -0.458 e. The van der Waals surface area contributed by atoms with E-state index in [9.17, 15) is 14.7 Å². The van der Waals surface area contributed by atoms with Gasteiger partial charge in [-0.1, -0.05) is 19.2 Å². The normalized spacial score (nSPS) is 41.0. The predicted molar refractivity (Wildman–Crippen MR) is 100 cm³/mol. The van der Waals surface area contributed by atoms with Gasteiger partial charge in [-0.2, -0.15) is 0 Å². The fraction of sp³-hybridized carbons (Fsp3) is 0.619. The van der Waals surface area contributed by atoms with E-state index in [0.717, 1.165) is 0 Å². The summed E-state index contributed by atoms with van der Waals surface area (Å²) in [7, 11) is 1.56. The zero-order chi connectivity index (χ0) is 20.9. The van der Waals surface area contributed by atoms with E-state index in [4.69, 9.17) is 18.9 Å². The van der Waals surface area contributed by atoms with Gasteiger partial charge in [0.05, 0.1) is 17.6 Å². The third kappa shape index (κ3) is 3.43. The van der Waals surface area contributed by atoms with Crippen LogP contribution in [0.5, 0.6) is 0 Å². The van der Waals surface area contributed by atoms with Gasteiger partial charge in [-0.15, -0.1) is 0 Å². The smallest absolute Gasteiger partial charge is 0.334 e. The molecule has 0 spiro atoms. The molecule has 0 aromatic carbocycles. The van der Waals surface area contributed by atoms with Crippen LogP contribution in [0, 0.1) is 5.92 Å². The minimum absolute atomic E-state index is 0.0416. The van der Waals surface area contributed by atoms with Crippen molar-refractivity contribution in [1.29, 1.82) is 0 Å². The average molecular weight is 392 g/mol. The third-order valence-corrected chi connectivity index (χ3v) is 6.13. The van der Waals surface area contributed by atoms with Crippen LogP contribution in [0.25, 0.3) is 0 Å². The molecule has 7 nitrogen and oxygen atoms in total. The number of hydrogen-bond acceptors (Lipinski definition) is 7. The molecular weight excluding hydrogens is 364 g/mol. The number of hydrogen-bond donors (Lipinski definition) is 1. The van der Waals surface area contributed by atoms with Crippen molar-refractivity contribution >= 4 is 11.9 Å². The van der Waals surface area contributed by atoms with Crippen molar-refractivity contribution in [3.05, 3.63) is 36.0 Å². The van der Waals surface area contributed by atoms with Crippen molar-refractivity contribution < 1.29 is 33.6 Å². The number of ether oxygens (including phenoxy) is 4. The Hall–Kier alpha value is -1.96. The summed E-state index contributed by atoms with van der Waals surface area (Å²) in [6.07, 6.45) is 0.208. The second-order valence-electron chi connectivity index (χ2n) is 8.11. The molecule has 3 fully saturated rings. The van der Waals surface area contributed by atoms with Crippen LogP contribution < -0.4 is 0 Å². The number of esters is 2. The van der Waals surface area contributed by atoms with Gasteiger partial charge in [-0.25, -0.2) is 9.59 Å². The second-order valence-corrected chi connectivity index (χ2v) is 8.11. The molecule has 0 aromatic rings. The van der Waals surface area contributed by atoms with Crippen LogP contribution in [0.3, 0.4) is 0 Å². The summed E-state index contributed by atoms with van der Waals surface area (Å²) in [5.41, 5.74) is 0.353. The van der Waals surface area contributed by atoms with Gasteiger partial charge in [-0.05, 0) is 26.3 Å². The lowest BCUT2D eigenvalue weighted by atomic mass is 9.79. The summed E-state index contributed by atoms with van der Waals surface area (Å²) in [6, 6.07) is 0. The van der Waals surface area contributed by atoms with Crippen LogP contribution in [0.15, 0.2) is 36.0 Å². The molecule has 3 heterocycles. The molecular formula is C21H28O7. The Balaban J connectivity index is 2.01. The number of fused-ring (bicyclic) bond motifs is 3. The topological polar surface area (TPSA) is 91.3 Å². The highest BCUT2D eigenvalue weighted by Gasteiger charge is 2.58. The van der Waals surface area contributed by atoms with Gasteiger partial charge in [0.15, 0.2) is 5.79 Å². The molecule has 28 heavy (non-hydrogen) atoms. The first kappa shape index (κ1) is 20.8. The van der Waals surface area contributed by atoms with Crippen molar-refractivity contribution in [3.63, 3.8) is 0 Å². The Morgan fingerprint density at radius 2 is 2.07 bits per heavy atom. The number of carbonyl (C=O) groups is 2. The zero-order valence-corrected chi connectivity index (χ0v) is 16.8. The van der Waals surface area contributed by atoms with Gasteiger partial charge >= 0.3 is 11.9 Å². The fourth-order valence-electron chi connectivity index (χ4n) is 4.32. The van der Waals surface area contributed by atoms with Crippen LogP contribution in [0.2, 0.25) is 0 Å². The Bertz CT molecular complexity index is 754. The maximum Gasteiger partial charge on any atom is 0.334 e. The van der Waals surface area contributed by atoms with E-state index in [1.54, 1.807) is 27.0 Å². The molecule has 154 valence electrons. The quantitative estimate of drug-likeness (QED) is 0.447. The molecule has 3 aliphatic heterocycles. The highest BCUT2D eigenvalue weighted by atomic mass is 16.7. The lowest BCUT2D eigenvalue weighted by Gasteiger charge is -2.34. The summed E-state index contributed by atoms with van der Waals surface area (Å²) in [6.45, 7) is 13.1. The Labute approximate surface area is 165 Å². The molecule has 0 amide bonds. The zero-order valence-electron chi connectivity index (χ0n) is 16.8. The Kier molecular flexibility index (Phi) is 5.29. The number of carbonyl (C=O) groups excluding carboxylic acids is 2. The summed E-state index contributed by atoms with van der Waals surface area (Å²) < 4.78 is 22.8. The van der Waals surface area contributed by atoms with Crippen LogP contribution in [0.4, 0.5) is 0 Å². The number of rotatable bonds is 3. The number of methoxy groups -OCH3 is 1. The maximum atomic E-state index is 12.4. The molecule has 0 aromatic heterocycles. The number of allylic oxidation sites excluding steroid dienone is 1. The summed E-state index contributed by atoms with van der Waals surface area (Å²) >= 11 is 0. The maximum absolute atomic E-state index is 12.4. The predicted octanol–water partition coefficient (Wildman–Crippen LogP) is 2.19. The van der Waals surface area contributed by atoms with Crippen LogP contribution in [0.1, 0.15) is 40.0 Å². The van der Waals surface area contributed by atoms with E-state index in [0.29, 0.717) is 11.1 Å². The Morgan fingerprint density at radius 3 is 2.68 bits per heavy atom. The third-order valence-electron chi connectivity index (χ3n) is 6.13. The molecule has 1 N–H and O–H groups in total. The van der Waals surface area contributed by atoms with Gasteiger partial charge in [0, 0.05) is 37.5 Å². The number of aliphatic hydroxyl groups is 1. The van der Waals surface area contributed by atoms with E-state index >= 15 is 0 Å². The largest absolute Gasteiger partial charge is 0.458 e. The highest BCUT2D eigenvalue weighted by molar-refractivity contribution is 5.92. The fourth-order valence-corrected chi connectivity index (χ4v) is 4.32. The van der Waals surface area contributed by atoms with Gasteiger partial charge < -0.3 is 24.1 Å². The molecule has 7 heteroatoms. The molecule has 3 saturated heterocycles. The first-order valence-electron chi connectivity index (χ1n) is 9.40. The summed E-state index contributed by atoms with van der Waals surface area (Å²) in [5, 5.41) is 11.0. The van der Waals surface area contributed by atoms with Crippen LogP contribution in [-0.2, 0) is 28.5 Å². The van der Waals surface area contributed by atoms with Crippen molar-refractivity contribution in [3.8, 4) is 0 Å². The summed E-state index contributed by atoms with van der Waals surface area (Å²) in [5.74, 6) is -3.14. The SMILES string of the molecule is C=C1CC2(O)CC(C)(OC)C(CC3OC(=O)C(=C)C3C1OC(=O)C(C)=CC)O2. The van der Waals surface area contributed by atoms with E-state index in [2.05, 4.69) is 13.2 Å². The van der Waals surface area contributed by atoms with Crippen LogP contribution >= 0.6 is 0 Å². The van der Waals surface area contributed by atoms with Gasteiger partial charge in [0.1, 0.15) is 12.2 Å². The first-order valence-corrected chi connectivity index (χ1v) is 9.40. The van der Waals surface area contributed by atoms with Gasteiger partial charge in [0.2, 0.25) is 0 Å². The van der Waals surface area contributed by atoms with Crippen molar-refractivity contribution in [1.82, 2.24) is 0 Å². The molecule has 6 atom stereocenters. The minimum atomic E-state index is -1.50. The van der Waals surface area contributed by atoms with Crippen molar-refractivity contribution in [2.45, 2.75) is 69.7 Å². The average Bonchev–Trinajstić information content (AvgIpc) is 3.05. The monoisotopic (exact) mass is 392 g/mol. The molecule has 0 radical (unpaired) electrons. The van der Waals surface area contributed by atoms with E-state index in [-0.39, 0.29) is 24.8 Å². The van der Waals surface area contributed by atoms with E-state index in [1.165, 1.54) is 0 Å². The second kappa shape index (κ2) is 7.13. The standard InChI is InChI=1S/C21H28O7/c1-7-11(2)18(22)27-17-12(3)9-21(24)10-20(5,25-6)15(28-21)8-14-16(17)13(4)19(23)26-14/h7,14-17,24H,3-4,8-10H2,1-2,5-6H3. The van der Waals surface area contributed by atoms with Crippen LogP contribution in [-0.4, -0.2) is 53.9 Å². The molecule has 0 saturated carbocycles. The highest BCUT2D eigenvalue weighted by Crippen LogP contribution is 2.49. The van der Waals surface area contributed by atoms with Gasteiger partial charge in [-0.3, -0.25) is 0 Å². The Morgan fingerprint density at radius 1 is 1.39 bits per heavy atom. The summed E-state index contributed by atoms with van der Waals surface area (Å²) in [4.78, 5) is 24.7. The lowest BCUT2D eigenvalue weighted by Crippen LogP contribution is -2.43. The molecule has 2 bridgehead atoms. The molecule has 3 aliphatic rings. The van der Waals surface area contributed by atoms with Crippen molar-refractivity contribution in [2.24, 2.45) is 5.92 Å². The lowest BCUT2D eigenvalue weighted by molar-refractivity contribution is -0.197. The van der Waals surface area contributed by atoms with Gasteiger partial charge in [0.25, 0.3) is 0 Å². The molecule has 0 aliphatic carbocycles. The van der Waals surface area contributed by atoms with Crippen molar-refractivity contribution in [2.75, 3.05) is 7.11 Å². The molecule has 3 rings (SSSR count). The first-order chi connectivity index (χ1) is 13.0. The van der Waals surface area contributed by atoms with E-state index < -0.39 is 47.6 Å². The molecule has 6 unspecified atom stereocenters. The van der Waals surface area contributed by atoms with E-state index in [1.807, 2.05) is 6.92 Å².